The molecule has 134 valence electrons. The Kier molecular flexibility index (Phi) is 5.17. The number of aromatic nitrogens is 5. The van der Waals surface area contributed by atoms with E-state index < -0.39 is 0 Å². The van der Waals surface area contributed by atoms with E-state index in [1.54, 1.807) is 23.4 Å². The summed E-state index contributed by atoms with van der Waals surface area (Å²) in [5.74, 6) is 1.19. The molecule has 0 atom stereocenters. The standard InChI is InChI=1S/C17H24N6O2/c1-3-14(4-2-13(1)24-15-5-7-18-8-6-15)25-17-10-20-16(9-21-17)23-12-19-11-22-23/h9-15,18H,1-8H2. The molecule has 0 spiro atoms. The highest BCUT2D eigenvalue weighted by Crippen LogP contribution is 2.26. The van der Waals surface area contributed by atoms with Gasteiger partial charge < -0.3 is 14.8 Å². The second kappa shape index (κ2) is 7.88. The average Bonchev–Trinajstić information content (AvgIpc) is 3.20. The Morgan fingerprint density at radius 3 is 2.36 bits per heavy atom. The third kappa shape index (κ3) is 4.32. The van der Waals surface area contributed by atoms with Crippen molar-refractivity contribution in [1.82, 2.24) is 30.0 Å². The fourth-order valence-electron chi connectivity index (χ4n) is 3.48. The molecule has 2 aromatic heterocycles. The fourth-order valence-corrected chi connectivity index (χ4v) is 3.48. The van der Waals surface area contributed by atoms with Crippen LogP contribution in [-0.4, -0.2) is 56.1 Å². The summed E-state index contributed by atoms with van der Waals surface area (Å²) >= 11 is 0. The summed E-state index contributed by atoms with van der Waals surface area (Å²) in [4.78, 5) is 12.6. The van der Waals surface area contributed by atoms with Crippen molar-refractivity contribution in [3.63, 3.8) is 0 Å². The lowest BCUT2D eigenvalue weighted by molar-refractivity contribution is -0.0551. The van der Waals surface area contributed by atoms with Gasteiger partial charge in [0.25, 0.3) is 0 Å². The van der Waals surface area contributed by atoms with Crippen molar-refractivity contribution in [2.75, 3.05) is 13.1 Å². The summed E-state index contributed by atoms with van der Waals surface area (Å²) in [7, 11) is 0. The molecule has 2 aromatic rings. The van der Waals surface area contributed by atoms with E-state index >= 15 is 0 Å². The zero-order chi connectivity index (χ0) is 16.9. The van der Waals surface area contributed by atoms with Crippen molar-refractivity contribution in [3.8, 4) is 11.7 Å². The molecule has 2 fully saturated rings. The first-order chi connectivity index (χ1) is 12.4. The Hall–Kier alpha value is -2.06. The van der Waals surface area contributed by atoms with Gasteiger partial charge in [-0.3, -0.25) is 0 Å². The number of rotatable bonds is 5. The van der Waals surface area contributed by atoms with Crippen molar-refractivity contribution in [2.24, 2.45) is 0 Å². The van der Waals surface area contributed by atoms with Gasteiger partial charge >= 0.3 is 0 Å². The number of piperidine rings is 1. The SMILES string of the molecule is c1ncn(-c2cnc(OC3CCC(OC4CCNCC4)CC3)cn2)n1. The molecule has 1 saturated carbocycles. The molecule has 8 nitrogen and oxygen atoms in total. The van der Waals surface area contributed by atoms with Gasteiger partial charge in [0.1, 0.15) is 18.8 Å². The second-order valence-corrected chi connectivity index (χ2v) is 6.65. The summed E-state index contributed by atoms with van der Waals surface area (Å²) in [5, 5.41) is 7.41. The zero-order valence-electron chi connectivity index (χ0n) is 14.3. The molecule has 0 bridgehead atoms. The van der Waals surface area contributed by atoms with E-state index in [9.17, 15) is 0 Å². The van der Waals surface area contributed by atoms with Crippen LogP contribution in [0.1, 0.15) is 38.5 Å². The molecule has 0 amide bonds. The van der Waals surface area contributed by atoms with E-state index in [2.05, 4.69) is 25.4 Å². The molecule has 25 heavy (non-hydrogen) atoms. The van der Waals surface area contributed by atoms with Crippen LogP contribution in [0.3, 0.4) is 0 Å². The number of ether oxygens (including phenoxy) is 2. The Morgan fingerprint density at radius 2 is 1.68 bits per heavy atom. The third-order valence-corrected chi connectivity index (χ3v) is 4.85. The normalized spacial score (nSPS) is 25.0. The summed E-state index contributed by atoms with van der Waals surface area (Å²) in [6, 6.07) is 0. The summed E-state index contributed by atoms with van der Waals surface area (Å²) in [5.41, 5.74) is 0. The molecular formula is C17H24N6O2. The molecule has 3 heterocycles. The van der Waals surface area contributed by atoms with Gasteiger partial charge in [0.15, 0.2) is 5.82 Å². The largest absolute Gasteiger partial charge is 0.473 e. The molecule has 8 heteroatoms. The minimum atomic E-state index is 0.194. The molecular weight excluding hydrogens is 320 g/mol. The predicted octanol–water partition coefficient (Wildman–Crippen LogP) is 1.52. The molecule has 2 aliphatic rings. The Labute approximate surface area is 147 Å². The fraction of sp³-hybridized carbons (Fsp3) is 0.647. The first-order valence-electron chi connectivity index (χ1n) is 9.07. The number of hydrogen-bond acceptors (Lipinski definition) is 7. The van der Waals surface area contributed by atoms with Crippen molar-refractivity contribution in [1.29, 1.82) is 0 Å². The van der Waals surface area contributed by atoms with Crippen LogP contribution in [-0.2, 0) is 4.74 Å². The zero-order valence-corrected chi connectivity index (χ0v) is 14.3. The van der Waals surface area contributed by atoms with Crippen molar-refractivity contribution in [3.05, 3.63) is 25.0 Å². The highest BCUT2D eigenvalue weighted by Gasteiger charge is 2.26. The third-order valence-electron chi connectivity index (χ3n) is 4.85. The van der Waals surface area contributed by atoms with Gasteiger partial charge in [-0.05, 0) is 51.6 Å². The molecule has 1 aliphatic heterocycles. The minimum absolute atomic E-state index is 0.194. The second-order valence-electron chi connectivity index (χ2n) is 6.65. The number of nitrogens with one attached hydrogen (secondary N) is 1. The molecule has 1 saturated heterocycles. The van der Waals surface area contributed by atoms with Gasteiger partial charge in [-0.2, -0.15) is 5.10 Å². The summed E-state index contributed by atoms with van der Waals surface area (Å²) < 4.78 is 13.8. The van der Waals surface area contributed by atoms with Gasteiger partial charge in [-0.15, -0.1) is 0 Å². The average molecular weight is 344 g/mol. The van der Waals surface area contributed by atoms with Gasteiger partial charge in [0.2, 0.25) is 5.88 Å². The molecule has 1 N–H and O–H groups in total. The van der Waals surface area contributed by atoms with E-state index in [4.69, 9.17) is 9.47 Å². The highest BCUT2D eigenvalue weighted by molar-refractivity contribution is 5.18. The van der Waals surface area contributed by atoms with Crippen LogP contribution < -0.4 is 10.1 Å². The quantitative estimate of drug-likeness (QED) is 0.880. The Morgan fingerprint density at radius 1 is 0.920 bits per heavy atom. The lowest BCUT2D eigenvalue weighted by Gasteiger charge is -2.32. The van der Waals surface area contributed by atoms with Crippen LogP contribution in [0.2, 0.25) is 0 Å². The topological polar surface area (TPSA) is 87.0 Å². The van der Waals surface area contributed by atoms with Crippen LogP contribution in [0, 0.1) is 0 Å². The van der Waals surface area contributed by atoms with Crippen LogP contribution in [0.25, 0.3) is 5.82 Å². The van der Waals surface area contributed by atoms with E-state index in [-0.39, 0.29) is 6.10 Å². The Bertz CT molecular complexity index is 634. The predicted molar refractivity (Wildman–Crippen MR) is 90.6 cm³/mol. The maximum absolute atomic E-state index is 6.25. The maximum atomic E-state index is 6.25. The maximum Gasteiger partial charge on any atom is 0.232 e. The highest BCUT2D eigenvalue weighted by atomic mass is 16.5. The smallest absolute Gasteiger partial charge is 0.232 e. The minimum Gasteiger partial charge on any atom is -0.473 e. The Balaban J connectivity index is 1.24. The van der Waals surface area contributed by atoms with Gasteiger partial charge in [0, 0.05) is 0 Å². The van der Waals surface area contributed by atoms with Crippen LogP contribution in [0.5, 0.6) is 5.88 Å². The lowest BCUT2D eigenvalue weighted by Crippen LogP contribution is -2.37. The van der Waals surface area contributed by atoms with Gasteiger partial charge in [-0.25, -0.2) is 19.6 Å². The molecule has 4 rings (SSSR count). The number of hydrogen-bond donors (Lipinski definition) is 1. The van der Waals surface area contributed by atoms with Crippen LogP contribution >= 0.6 is 0 Å². The first-order valence-corrected chi connectivity index (χ1v) is 9.07. The summed E-state index contributed by atoms with van der Waals surface area (Å²) in [6.45, 7) is 2.15. The van der Waals surface area contributed by atoms with Crippen molar-refractivity contribution in [2.45, 2.75) is 56.8 Å². The van der Waals surface area contributed by atoms with E-state index in [0.29, 0.717) is 23.9 Å². The lowest BCUT2D eigenvalue weighted by atomic mass is 9.94. The monoisotopic (exact) mass is 344 g/mol. The summed E-state index contributed by atoms with van der Waals surface area (Å²) in [6.07, 6.45) is 13.7. The molecule has 0 unspecified atom stereocenters. The van der Waals surface area contributed by atoms with E-state index in [1.165, 1.54) is 6.33 Å². The van der Waals surface area contributed by atoms with E-state index in [0.717, 1.165) is 51.6 Å². The molecule has 0 radical (unpaired) electrons. The molecule has 1 aliphatic carbocycles. The van der Waals surface area contributed by atoms with Crippen LogP contribution in [0.15, 0.2) is 25.0 Å². The van der Waals surface area contributed by atoms with Crippen molar-refractivity contribution >= 4 is 0 Å². The number of nitrogens with zero attached hydrogens (tertiary/aromatic N) is 5. The van der Waals surface area contributed by atoms with E-state index in [1.807, 2.05) is 0 Å². The van der Waals surface area contributed by atoms with Crippen LogP contribution in [0.4, 0.5) is 0 Å². The first kappa shape index (κ1) is 16.4. The molecule has 0 aromatic carbocycles. The van der Waals surface area contributed by atoms with Gasteiger partial charge in [0.05, 0.1) is 24.6 Å². The van der Waals surface area contributed by atoms with Crippen molar-refractivity contribution < 1.29 is 9.47 Å². The van der Waals surface area contributed by atoms with Gasteiger partial charge in [-0.1, -0.05) is 0 Å².